The van der Waals surface area contributed by atoms with Crippen LogP contribution < -0.4 is 50.7 Å². The quantitative estimate of drug-likeness (QED) is 0.0221. The van der Waals surface area contributed by atoms with E-state index in [1.165, 1.54) is 58.4 Å². The van der Waals surface area contributed by atoms with Crippen LogP contribution in [0, 0.1) is 11.7 Å². The number of aryl methyl sites for hydroxylation is 3. The molecule has 1 unspecified atom stereocenters. The number of H-pyrrole nitrogens is 1. The van der Waals surface area contributed by atoms with Crippen molar-refractivity contribution < 1.29 is 36.4 Å². The third kappa shape index (κ3) is 23.0. The third-order valence-electron chi connectivity index (χ3n) is 13.7. The summed E-state index contributed by atoms with van der Waals surface area (Å²) in [6, 6.07) is 23.4. The number of aromatic nitrogens is 12. The number of halogens is 5. The first-order valence-corrected chi connectivity index (χ1v) is 34.7. The van der Waals surface area contributed by atoms with Crippen molar-refractivity contribution in [1.82, 2.24) is 56.1 Å². The fourth-order valence-electron chi connectivity index (χ4n) is 8.78. The molecule has 0 spiro atoms. The molecule has 95 heavy (non-hydrogen) atoms. The molecule has 1 atom stereocenters. The number of nitrogens with one attached hydrogen (secondary N) is 1. The Morgan fingerprint density at radius 3 is 1.27 bits per heavy atom. The number of ether oxygens (including phenoxy) is 1. The van der Waals surface area contributed by atoms with E-state index in [2.05, 4.69) is 85.6 Å². The molecule has 9 rings (SSSR count). The number of aldehydes is 2. The van der Waals surface area contributed by atoms with Gasteiger partial charge in [-0.3, -0.25) is 41.8 Å². The summed E-state index contributed by atoms with van der Waals surface area (Å²) in [4.78, 5) is 108. The minimum Gasteiger partial charge on any atom is -1.00 e. The number of carbonyl (C=O) groups excluding carboxylic acids is 2. The van der Waals surface area contributed by atoms with Crippen LogP contribution in [0.3, 0.4) is 0 Å². The molecule has 22 nitrogen and oxygen atoms in total. The van der Waals surface area contributed by atoms with Crippen molar-refractivity contribution in [2.75, 3.05) is 13.2 Å². The summed E-state index contributed by atoms with van der Waals surface area (Å²) in [5, 5.41) is 11.8. The zero-order valence-electron chi connectivity index (χ0n) is 56.4. The van der Waals surface area contributed by atoms with Gasteiger partial charge in [-0.15, -0.1) is 0 Å². The Balaban J connectivity index is 0.000000438. The summed E-state index contributed by atoms with van der Waals surface area (Å²) >= 11 is 21.5. The summed E-state index contributed by atoms with van der Waals surface area (Å²) in [6.07, 6.45) is 3.71. The Hall–Kier alpha value is -4.54. The van der Waals surface area contributed by atoms with E-state index in [-0.39, 0.29) is 61.2 Å². The van der Waals surface area contributed by atoms with Gasteiger partial charge in [0, 0.05) is 73.7 Å². The van der Waals surface area contributed by atoms with Crippen molar-refractivity contribution in [3.05, 3.63) is 177 Å². The third-order valence-corrected chi connectivity index (χ3v) is 18.1. The number of nitrogens with zero attached hydrogens (tertiary/aromatic N) is 11. The molecule has 6 heterocycles. The minimum atomic E-state index is -0.722. The van der Waals surface area contributed by atoms with Gasteiger partial charge in [0.25, 0.3) is 16.7 Å². The number of aliphatic hydroxyl groups is 1. The maximum absolute atomic E-state index is 13.0. The second-order valence-corrected chi connectivity index (χ2v) is 31.2. The van der Waals surface area contributed by atoms with Crippen molar-refractivity contribution >= 4 is 169 Å². The molecule has 0 bridgehead atoms. The van der Waals surface area contributed by atoms with E-state index in [0.29, 0.717) is 74.6 Å². The molecule has 0 aliphatic carbocycles. The van der Waals surface area contributed by atoms with Gasteiger partial charge in [-0.2, -0.15) is 6.42 Å². The maximum Gasteiger partial charge on any atom is 2.00 e. The van der Waals surface area contributed by atoms with Crippen molar-refractivity contribution in [2.45, 2.75) is 138 Å². The predicted octanol–water partition coefficient (Wildman–Crippen LogP) is 7.75. The van der Waals surface area contributed by atoms with Gasteiger partial charge in [-0.1, -0.05) is 144 Å². The fraction of sp³-hybridized carbons (Fsp3) is 0.438. The number of aliphatic hydroxyl groups excluding tert-OH is 1. The van der Waals surface area contributed by atoms with Gasteiger partial charge in [0.05, 0.1) is 34.8 Å². The first-order valence-electron chi connectivity index (χ1n) is 29.5. The van der Waals surface area contributed by atoms with Gasteiger partial charge >= 0.3 is 40.1 Å². The van der Waals surface area contributed by atoms with E-state index in [9.17, 15) is 43.5 Å². The molecule has 0 aliphatic rings. The second kappa shape index (κ2) is 38.7. The molecule has 514 valence electrons. The smallest absolute Gasteiger partial charge is 1.00 e. The molecular formula is C64H83Br5MgN12O10S3. The molecule has 0 radical (unpaired) electrons. The number of fused-ring (bicyclic) bond motifs is 3. The number of hydrogen-bond donors (Lipinski definition) is 2. The zero-order chi connectivity index (χ0) is 70.2. The van der Waals surface area contributed by atoms with E-state index < -0.39 is 32.5 Å². The maximum atomic E-state index is 13.0. The second-order valence-electron chi connectivity index (χ2n) is 22.8. The Kier molecular flexibility index (Phi) is 35.3. The predicted molar refractivity (Wildman–Crippen MR) is 397 cm³/mol. The molecule has 0 saturated carbocycles. The zero-order valence-corrected chi connectivity index (χ0v) is 68.2. The summed E-state index contributed by atoms with van der Waals surface area (Å²) in [5.74, 6) is 0. The first-order chi connectivity index (χ1) is 43.5. The number of thioether (sulfide) groups is 2. The molecule has 6 aromatic heterocycles. The topological polar surface area (TPSA) is 252 Å². The summed E-state index contributed by atoms with van der Waals surface area (Å²) in [5.41, 5.74) is 2.77. The van der Waals surface area contributed by atoms with E-state index in [0.717, 1.165) is 82.4 Å². The Morgan fingerprint density at radius 2 is 0.947 bits per heavy atom. The number of benzene rings is 3. The summed E-state index contributed by atoms with van der Waals surface area (Å²) in [7, 11) is 9.19. The van der Waals surface area contributed by atoms with Crippen LogP contribution in [0.4, 0.5) is 0 Å². The number of imidazole rings is 3. The van der Waals surface area contributed by atoms with Crippen LogP contribution in [0.2, 0.25) is 0 Å². The molecule has 31 heteroatoms. The monoisotopic (exact) mass is 1690 g/mol. The van der Waals surface area contributed by atoms with E-state index in [4.69, 9.17) is 17.0 Å². The van der Waals surface area contributed by atoms with Crippen LogP contribution in [0.1, 0.15) is 105 Å². The van der Waals surface area contributed by atoms with E-state index in [1.807, 2.05) is 119 Å². The van der Waals surface area contributed by atoms with Gasteiger partial charge in [0.2, 0.25) is 0 Å². The van der Waals surface area contributed by atoms with E-state index >= 15 is 0 Å². The number of hydrogen-bond acceptors (Lipinski definition) is 15. The van der Waals surface area contributed by atoms with Gasteiger partial charge in [-0.05, 0) is 127 Å². The van der Waals surface area contributed by atoms with Gasteiger partial charge in [-0.25, -0.2) is 24.4 Å². The SMILES string of the molecule is CC(C)(Br)C=O.CCCC(O)C(C)(C)Sc1nc2c(c(=O)n(C)c(=O)n2C)n1Cc1cccc(Br)c1.CCOCC.Cn1c(=O)c2c([nH]c(=S)n2Cc2cccc(Br)c2)n(C)c1=O.Cn1c(=O)c2c(nc(SC(C)(C)C=O)n2Cc2cccc(Br)c2)n(C)c1=O.[Br-].[CH2-]CC.[Mg+2]. The van der Waals surface area contributed by atoms with Crippen LogP contribution in [0.15, 0.2) is 125 Å². The molecule has 3 aromatic carbocycles. The minimum absolute atomic E-state index is 0. The van der Waals surface area contributed by atoms with Crippen LogP contribution in [0.25, 0.3) is 33.5 Å². The molecule has 0 saturated heterocycles. The van der Waals surface area contributed by atoms with E-state index in [1.54, 1.807) is 58.0 Å². The molecule has 0 aliphatic heterocycles. The number of carbonyl (C=O) groups is 2. The molecule has 0 amide bonds. The van der Waals surface area contributed by atoms with Crippen LogP contribution >= 0.6 is 99.5 Å². The largest absolute Gasteiger partial charge is 2.00 e. The van der Waals surface area contributed by atoms with Crippen molar-refractivity contribution in [2.24, 2.45) is 42.3 Å². The Labute approximate surface area is 626 Å². The van der Waals surface area contributed by atoms with Crippen molar-refractivity contribution in [1.29, 1.82) is 0 Å². The van der Waals surface area contributed by atoms with Crippen LogP contribution in [-0.2, 0) is 76.2 Å². The molecule has 0 fully saturated rings. The van der Waals surface area contributed by atoms with Gasteiger partial charge in [0.1, 0.15) is 18.2 Å². The normalized spacial score (nSPS) is 11.5. The molecule has 2 N–H and O–H groups in total. The summed E-state index contributed by atoms with van der Waals surface area (Å²) < 4.78 is 19.2. The number of aromatic amines is 1. The van der Waals surface area contributed by atoms with Crippen LogP contribution in [-0.4, -0.2) is 130 Å². The Bertz CT molecular complexity index is 4540. The summed E-state index contributed by atoms with van der Waals surface area (Å²) in [6.45, 7) is 25.6. The average Bonchev–Trinajstić information content (AvgIpc) is 1.64. The standard InChI is InChI=1S/C21H27BrN4O3S.C18H19BrN4O3S.C14H13BrN4O2S.C4H7BrO.C4H10O.C3H7.BrH.Mg/c1-6-8-15(27)21(2,3)30-19-23-17-16(18(28)25(5)20(29)24(17)4)26(19)12-13-9-7-10-14(22)11-13;1-18(2,10-24)27-16-20-14-13(15(25)22(4)17(26)21(14)3)23(16)9-11-6-5-7-12(19)8-11;1-17-11-10(12(20)18(2)14(17)21)19(13(22)16-11)7-8-4-3-5-9(15)6-8;1-4(2,5)3-6;1-3-5-4-2;1-3-2;;/h7,9-11,15,27H,6,8,12H2,1-5H3;5-8,10H,9H2,1-4H3;3-6H,7H2,1-2H3,(H,16,22);3H,1-2H3;3-4H2,1-2H3;1,3H2,2H3;1H;/q;;;;;-1;;+2/p-1. The van der Waals surface area contributed by atoms with Gasteiger partial charge in [0.15, 0.2) is 42.9 Å². The van der Waals surface area contributed by atoms with Gasteiger partial charge < -0.3 is 62.0 Å². The molecular weight excluding hydrogens is 1620 g/mol. The Morgan fingerprint density at radius 1 is 0.600 bits per heavy atom. The number of alkyl halides is 1. The number of rotatable bonds is 17. The van der Waals surface area contributed by atoms with Crippen molar-refractivity contribution in [3.8, 4) is 0 Å². The average molecular weight is 1700 g/mol. The fourth-order valence-corrected chi connectivity index (χ4v) is 12.4. The molecule has 9 aromatic rings. The van der Waals surface area contributed by atoms with Crippen LogP contribution in [0.5, 0.6) is 0 Å². The first kappa shape index (κ1) is 86.5. The van der Waals surface area contributed by atoms with Crippen molar-refractivity contribution in [3.63, 3.8) is 0 Å².